The molecule has 1 atom stereocenters. The van der Waals surface area contributed by atoms with Crippen LogP contribution in [0.1, 0.15) is 27.2 Å². The van der Waals surface area contributed by atoms with Crippen molar-refractivity contribution in [2.75, 3.05) is 25.6 Å². The average Bonchev–Trinajstić information content (AvgIpc) is 2.30. The van der Waals surface area contributed by atoms with Gasteiger partial charge in [-0.25, -0.2) is 11.1 Å². The minimum Gasteiger partial charge on any atom is -0.270 e. The van der Waals surface area contributed by atoms with E-state index in [1.54, 1.807) is 0 Å². The van der Waals surface area contributed by atoms with E-state index in [-0.39, 0.29) is 11.1 Å². The Balaban J connectivity index is 2.46. The Morgan fingerprint density at radius 2 is 1.83 bits per heavy atom. The molecule has 74 valence electrons. The lowest BCUT2D eigenvalue weighted by Gasteiger charge is -2.29. The molecule has 1 rings (SSSR count). The van der Waals surface area contributed by atoms with Gasteiger partial charge in [0.05, 0.1) is 0 Å². The van der Waals surface area contributed by atoms with Crippen LogP contribution < -0.4 is 0 Å². The fourth-order valence-electron chi connectivity index (χ4n) is 1.81. The van der Waals surface area contributed by atoms with Crippen molar-refractivity contribution in [3.63, 3.8) is 0 Å². The number of hydrogen-bond acceptors (Lipinski definition) is 1. The molecule has 0 N–H and O–H groups in total. The second-order valence-electron chi connectivity index (χ2n) is 5.11. The summed E-state index contributed by atoms with van der Waals surface area (Å²) >= 11 is 0.158. The molecule has 1 saturated heterocycles. The zero-order chi connectivity index (χ0) is 9.35. The molecule has 1 aliphatic heterocycles. The summed E-state index contributed by atoms with van der Waals surface area (Å²) in [5.74, 6) is 0.919. The molecule has 0 aromatic carbocycles. The lowest BCUT2D eigenvalue weighted by Crippen LogP contribution is -2.24. The Kier molecular flexibility index (Phi) is 3.11. The fraction of sp³-hybridized carbons (Fsp3) is 1.00. The molecule has 1 heterocycles. The molecular weight excluding hydrogens is 166 g/mol. The smallest absolute Gasteiger partial charge is 0.0105 e. The van der Waals surface area contributed by atoms with Crippen molar-refractivity contribution < 1.29 is 0 Å². The molecule has 1 aliphatic rings. The van der Waals surface area contributed by atoms with Gasteiger partial charge in [0.15, 0.2) is 0 Å². The van der Waals surface area contributed by atoms with Gasteiger partial charge in [-0.2, -0.15) is 0 Å². The first-order valence-electron chi connectivity index (χ1n) is 4.83. The van der Waals surface area contributed by atoms with Crippen molar-refractivity contribution in [3.8, 4) is 0 Å². The van der Waals surface area contributed by atoms with E-state index in [1.165, 1.54) is 19.5 Å². The summed E-state index contributed by atoms with van der Waals surface area (Å²) in [6, 6.07) is 0. The Labute approximate surface area is 80.0 Å². The van der Waals surface area contributed by atoms with Crippen LogP contribution in [0.3, 0.4) is 0 Å². The highest BCUT2D eigenvalue weighted by atomic mass is 32.2. The summed E-state index contributed by atoms with van der Waals surface area (Å²) in [5, 5.41) is 0. The molecule has 0 radical (unpaired) electrons. The first kappa shape index (κ1) is 10.4. The molecule has 0 aromatic heterocycles. The predicted octanol–water partition coefficient (Wildman–Crippen LogP) is 2.53. The highest BCUT2D eigenvalue weighted by molar-refractivity contribution is 8.13. The van der Waals surface area contributed by atoms with Crippen molar-refractivity contribution in [2.24, 2.45) is 11.3 Å². The second-order valence-corrected chi connectivity index (χ2v) is 7.37. The minimum atomic E-state index is 0.158. The van der Waals surface area contributed by atoms with Gasteiger partial charge < -0.3 is 0 Å². The Morgan fingerprint density at radius 3 is 2.08 bits per heavy atom. The highest BCUT2D eigenvalue weighted by Crippen LogP contribution is 2.38. The lowest BCUT2D eigenvalue weighted by atomic mass is 9.80. The number of thiol groups is 1. The molecule has 0 bridgehead atoms. The topological polar surface area (TPSA) is 3.24 Å². The minimum absolute atomic E-state index is 0.158. The maximum Gasteiger partial charge on any atom is 0.0105 e. The van der Waals surface area contributed by atoms with Gasteiger partial charge in [0.1, 0.15) is 0 Å². The second kappa shape index (κ2) is 3.59. The molecule has 1 nitrogen and oxygen atoms in total. The van der Waals surface area contributed by atoms with Gasteiger partial charge in [0.25, 0.3) is 0 Å². The van der Waals surface area contributed by atoms with Gasteiger partial charge in [0, 0.05) is 13.1 Å². The van der Waals surface area contributed by atoms with Crippen LogP contribution in [0, 0.1) is 11.3 Å². The summed E-state index contributed by atoms with van der Waals surface area (Å²) < 4.78 is 2.66. The van der Waals surface area contributed by atoms with Crippen LogP contribution in [-0.4, -0.2) is 29.9 Å². The van der Waals surface area contributed by atoms with Crippen molar-refractivity contribution in [2.45, 2.75) is 27.2 Å². The monoisotopic (exact) mass is 189 g/mol. The molecule has 1 fully saturated rings. The molecule has 2 heteroatoms. The van der Waals surface area contributed by atoms with E-state index in [9.17, 15) is 0 Å². The molecule has 0 aromatic rings. The molecule has 1 unspecified atom stereocenters. The fourth-order valence-corrected chi connectivity index (χ4v) is 2.85. The Morgan fingerprint density at radius 1 is 1.25 bits per heavy atom. The van der Waals surface area contributed by atoms with Gasteiger partial charge in [-0.05, 0) is 30.3 Å². The third kappa shape index (κ3) is 2.40. The van der Waals surface area contributed by atoms with Crippen LogP contribution in [0.15, 0.2) is 0 Å². The summed E-state index contributed by atoms with van der Waals surface area (Å²) in [7, 11) is 0. The normalized spacial score (nSPS) is 27.8. The summed E-state index contributed by atoms with van der Waals surface area (Å²) in [4.78, 5) is 0. The standard InChI is InChI=1S/C10H23NS/c1-10(2,3)9-6-7-11(8-9)12(4)5/h9,12H,6-8H2,1-5H3. The Hall–Kier alpha value is 0.310. The largest absolute Gasteiger partial charge is 0.270 e. The van der Waals surface area contributed by atoms with Crippen LogP contribution in [0.5, 0.6) is 0 Å². The van der Waals surface area contributed by atoms with Crippen molar-refractivity contribution in [3.05, 3.63) is 0 Å². The Bertz CT molecular complexity index is 148. The number of rotatable bonds is 1. The maximum absolute atomic E-state index is 2.66. The van der Waals surface area contributed by atoms with E-state index in [2.05, 4.69) is 37.6 Å². The molecule has 0 saturated carbocycles. The van der Waals surface area contributed by atoms with Crippen molar-refractivity contribution in [1.82, 2.24) is 4.31 Å². The van der Waals surface area contributed by atoms with E-state index in [4.69, 9.17) is 0 Å². The van der Waals surface area contributed by atoms with Crippen LogP contribution in [0.4, 0.5) is 0 Å². The van der Waals surface area contributed by atoms with Crippen LogP contribution in [-0.2, 0) is 0 Å². The van der Waals surface area contributed by atoms with E-state index >= 15 is 0 Å². The summed E-state index contributed by atoms with van der Waals surface area (Å²) in [6.07, 6.45) is 6.13. The molecule has 12 heavy (non-hydrogen) atoms. The summed E-state index contributed by atoms with van der Waals surface area (Å²) in [5.41, 5.74) is 0.514. The van der Waals surface area contributed by atoms with Crippen LogP contribution in [0.2, 0.25) is 0 Å². The van der Waals surface area contributed by atoms with Crippen molar-refractivity contribution >= 4 is 11.1 Å². The molecule has 0 amide bonds. The summed E-state index contributed by atoms with van der Waals surface area (Å²) in [6.45, 7) is 9.78. The zero-order valence-electron chi connectivity index (χ0n) is 9.09. The SMILES string of the molecule is C[SH](C)N1CCC(C(C)(C)C)C1. The van der Waals surface area contributed by atoms with Gasteiger partial charge in [-0.3, -0.25) is 4.31 Å². The maximum atomic E-state index is 2.66. The van der Waals surface area contributed by atoms with E-state index in [1.807, 2.05) is 0 Å². The number of nitrogens with zero attached hydrogens (tertiary/aromatic N) is 1. The first-order chi connectivity index (χ1) is 5.41. The number of hydrogen-bond donors (Lipinski definition) is 1. The third-order valence-corrected chi connectivity index (χ3v) is 4.45. The third-order valence-electron chi connectivity index (χ3n) is 2.96. The van der Waals surface area contributed by atoms with Gasteiger partial charge >= 0.3 is 0 Å². The van der Waals surface area contributed by atoms with E-state index in [0.29, 0.717) is 5.41 Å². The predicted molar refractivity (Wildman–Crippen MR) is 60.0 cm³/mol. The molecular formula is C10H23NS. The van der Waals surface area contributed by atoms with Crippen LogP contribution in [0.25, 0.3) is 0 Å². The van der Waals surface area contributed by atoms with Crippen LogP contribution >= 0.6 is 11.1 Å². The molecule has 0 spiro atoms. The van der Waals surface area contributed by atoms with Gasteiger partial charge in [-0.1, -0.05) is 20.8 Å². The van der Waals surface area contributed by atoms with Gasteiger partial charge in [0.2, 0.25) is 0 Å². The van der Waals surface area contributed by atoms with Crippen molar-refractivity contribution in [1.29, 1.82) is 0 Å². The molecule has 0 aliphatic carbocycles. The zero-order valence-corrected chi connectivity index (χ0v) is 9.99. The van der Waals surface area contributed by atoms with Gasteiger partial charge in [-0.15, -0.1) is 0 Å². The average molecular weight is 189 g/mol. The quantitative estimate of drug-likeness (QED) is 0.620. The highest BCUT2D eigenvalue weighted by Gasteiger charge is 2.31. The van der Waals surface area contributed by atoms with E-state index < -0.39 is 0 Å². The van der Waals surface area contributed by atoms with E-state index in [0.717, 1.165) is 5.92 Å². The first-order valence-corrected chi connectivity index (χ1v) is 7.02. The lowest BCUT2D eigenvalue weighted by molar-refractivity contribution is 0.253.